The van der Waals surface area contributed by atoms with Gasteiger partial charge in [0.05, 0.1) is 27.1 Å². The van der Waals surface area contributed by atoms with Crippen molar-refractivity contribution in [2.75, 3.05) is 33.6 Å². The zero-order valence-corrected chi connectivity index (χ0v) is 15.7. The molecule has 136 valence electrons. The lowest BCUT2D eigenvalue weighted by atomic mass is 9.88. The van der Waals surface area contributed by atoms with Gasteiger partial charge in [-0.05, 0) is 44.0 Å². The molecule has 0 aliphatic carbocycles. The lowest BCUT2D eigenvalue weighted by Gasteiger charge is -2.44. The van der Waals surface area contributed by atoms with E-state index in [2.05, 4.69) is 11.8 Å². The Morgan fingerprint density at radius 2 is 1.88 bits per heavy atom. The van der Waals surface area contributed by atoms with Crippen molar-refractivity contribution in [1.82, 2.24) is 4.90 Å². The number of rotatable bonds is 7. The second-order valence-electron chi connectivity index (χ2n) is 6.53. The maximum Gasteiger partial charge on any atom is 0.264 e. The molecule has 1 aromatic rings. The van der Waals surface area contributed by atoms with Crippen LogP contribution in [-0.4, -0.2) is 52.5 Å². The number of likely N-dealkylation sites (tertiary alicyclic amines) is 1. The summed E-state index contributed by atoms with van der Waals surface area (Å²) in [6, 6.07) is 5.86. The fraction of sp³-hybridized carbons (Fsp3) is 0.647. The van der Waals surface area contributed by atoms with Gasteiger partial charge in [-0.1, -0.05) is 12.5 Å². The Labute approximate surface area is 144 Å². The number of benzene rings is 1. The van der Waals surface area contributed by atoms with Gasteiger partial charge in [0.15, 0.2) is 11.5 Å². The fourth-order valence-electron chi connectivity index (χ4n) is 3.10. The number of piperidine rings is 1. The highest BCUT2D eigenvalue weighted by Crippen LogP contribution is 2.33. The number of hydrogen-bond acceptors (Lipinski definition) is 6. The van der Waals surface area contributed by atoms with Crippen LogP contribution in [0.2, 0.25) is 0 Å². The van der Waals surface area contributed by atoms with Gasteiger partial charge in [-0.25, -0.2) is 0 Å². The summed E-state index contributed by atoms with van der Waals surface area (Å²) in [7, 11) is -0.210. The molecule has 0 radical (unpaired) electrons. The maximum atomic E-state index is 11.4. The largest absolute Gasteiger partial charge is 0.493 e. The molecular weight excluding hydrogens is 330 g/mol. The number of ether oxygens (including phenoxy) is 2. The molecule has 1 fully saturated rings. The van der Waals surface area contributed by atoms with Crippen molar-refractivity contribution in [3.8, 4) is 11.5 Å². The Hall–Kier alpha value is -1.31. The second kappa shape index (κ2) is 7.72. The van der Waals surface area contributed by atoms with E-state index in [0.29, 0.717) is 18.0 Å². The molecule has 0 amide bonds. The van der Waals surface area contributed by atoms with Gasteiger partial charge in [-0.2, -0.15) is 8.42 Å². The average Bonchev–Trinajstić information content (AvgIpc) is 2.54. The topological polar surface area (TPSA) is 65.1 Å². The Balaban J connectivity index is 2.16. The first-order chi connectivity index (χ1) is 11.3. The first kappa shape index (κ1) is 19.0. The molecule has 0 N–H and O–H groups in total. The predicted molar refractivity (Wildman–Crippen MR) is 93.0 cm³/mol. The third kappa shape index (κ3) is 4.84. The summed E-state index contributed by atoms with van der Waals surface area (Å²) in [5.74, 6) is 1.39. The van der Waals surface area contributed by atoms with Gasteiger partial charge in [0, 0.05) is 12.1 Å². The van der Waals surface area contributed by atoms with Crippen LogP contribution >= 0.6 is 0 Å². The average molecular weight is 357 g/mol. The van der Waals surface area contributed by atoms with E-state index in [1.807, 2.05) is 18.2 Å². The first-order valence-electron chi connectivity index (χ1n) is 8.08. The normalized spacial score (nSPS) is 22.3. The van der Waals surface area contributed by atoms with E-state index < -0.39 is 10.1 Å². The molecule has 2 rings (SSSR count). The van der Waals surface area contributed by atoms with Crippen LogP contribution in [0.25, 0.3) is 0 Å². The van der Waals surface area contributed by atoms with Gasteiger partial charge >= 0.3 is 0 Å². The highest BCUT2D eigenvalue weighted by Gasteiger charge is 2.35. The highest BCUT2D eigenvalue weighted by atomic mass is 32.2. The van der Waals surface area contributed by atoms with Gasteiger partial charge in [0.2, 0.25) is 0 Å². The molecule has 0 saturated carbocycles. The number of hydrogen-bond donors (Lipinski definition) is 0. The summed E-state index contributed by atoms with van der Waals surface area (Å²) in [5, 5.41) is 0. The van der Waals surface area contributed by atoms with Gasteiger partial charge in [-0.3, -0.25) is 9.08 Å². The molecule has 6 nitrogen and oxygen atoms in total. The molecule has 0 aromatic heterocycles. The lowest BCUT2D eigenvalue weighted by molar-refractivity contribution is 0.0166. The molecule has 24 heavy (non-hydrogen) atoms. The van der Waals surface area contributed by atoms with Crippen LogP contribution in [0.3, 0.4) is 0 Å². The smallest absolute Gasteiger partial charge is 0.264 e. The van der Waals surface area contributed by atoms with E-state index in [-0.39, 0.29) is 12.1 Å². The molecule has 1 heterocycles. The van der Waals surface area contributed by atoms with E-state index in [4.69, 9.17) is 13.7 Å². The van der Waals surface area contributed by atoms with Crippen LogP contribution in [0.15, 0.2) is 18.2 Å². The molecule has 1 saturated heterocycles. The summed E-state index contributed by atoms with van der Waals surface area (Å²) < 4.78 is 38.5. The monoisotopic (exact) mass is 357 g/mol. The van der Waals surface area contributed by atoms with Gasteiger partial charge in [-0.15, -0.1) is 0 Å². The standard InChI is InChI=1S/C17H27NO5S/c1-17(13-23-24(4,19)20)9-5-6-10-18(17)12-14-7-8-15(21-2)16(11-14)22-3/h7-8,11H,5-6,9-10,12-13H2,1-4H3/t17-/m1/s1. The number of nitrogens with zero attached hydrogens (tertiary/aromatic N) is 1. The molecule has 1 aliphatic rings. The third-order valence-electron chi connectivity index (χ3n) is 4.56. The SMILES string of the molecule is COc1ccc(CN2CCCC[C@]2(C)COS(C)(=O)=O)cc1OC. The van der Waals surface area contributed by atoms with E-state index in [1.165, 1.54) is 0 Å². The summed E-state index contributed by atoms with van der Waals surface area (Å²) in [5.41, 5.74) is 0.800. The van der Waals surface area contributed by atoms with Gasteiger partial charge in [0.25, 0.3) is 10.1 Å². The number of methoxy groups -OCH3 is 2. The van der Waals surface area contributed by atoms with Crippen molar-refractivity contribution in [1.29, 1.82) is 0 Å². The minimum atomic E-state index is -3.44. The Morgan fingerprint density at radius 1 is 1.17 bits per heavy atom. The van der Waals surface area contributed by atoms with Gasteiger partial charge < -0.3 is 9.47 Å². The van der Waals surface area contributed by atoms with Crippen molar-refractivity contribution in [2.24, 2.45) is 0 Å². The van der Waals surface area contributed by atoms with Crippen LogP contribution in [0.5, 0.6) is 11.5 Å². The lowest BCUT2D eigenvalue weighted by Crippen LogP contribution is -2.52. The van der Waals surface area contributed by atoms with E-state index >= 15 is 0 Å². The molecule has 0 spiro atoms. The molecule has 1 aromatic carbocycles. The molecule has 1 atom stereocenters. The maximum absolute atomic E-state index is 11.4. The van der Waals surface area contributed by atoms with Crippen LogP contribution in [-0.2, 0) is 20.8 Å². The van der Waals surface area contributed by atoms with Crippen LogP contribution < -0.4 is 9.47 Å². The van der Waals surface area contributed by atoms with E-state index in [1.54, 1.807) is 14.2 Å². The van der Waals surface area contributed by atoms with Crippen LogP contribution in [0, 0.1) is 0 Å². The molecule has 0 unspecified atom stereocenters. The van der Waals surface area contributed by atoms with E-state index in [0.717, 1.165) is 37.6 Å². The Morgan fingerprint density at radius 3 is 2.50 bits per heavy atom. The quantitative estimate of drug-likeness (QED) is 0.698. The second-order valence-corrected chi connectivity index (χ2v) is 8.18. The summed E-state index contributed by atoms with van der Waals surface area (Å²) >= 11 is 0. The molecule has 7 heteroatoms. The van der Waals surface area contributed by atoms with Gasteiger partial charge in [0.1, 0.15) is 0 Å². The summed E-state index contributed by atoms with van der Waals surface area (Å²) in [6.07, 6.45) is 4.18. The highest BCUT2D eigenvalue weighted by molar-refractivity contribution is 7.85. The molecular formula is C17H27NO5S. The molecule has 1 aliphatic heterocycles. The minimum Gasteiger partial charge on any atom is -0.493 e. The van der Waals surface area contributed by atoms with Crippen molar-refractivity contribution in [3.05, 3.63) is 23.8 Å². The predicted octanol–water partition coefficient (Wildman–Crippen LogP) is 2.42. The fourth-order valence-corrected chi connectivity index (χ4v) is 3.57. The van der Waals surface area contributed by atoms with Crippen molar-refractivity contribution in [2.45, 2.75) is 38.3 Å². The molecule has 0 bridgehead atoms. The minimum absolute atomic E-state index is 0.180. The Kier molecular flexibility index (Phi) is 6.11. The summed E-state index contributed by atoms with van der Waals surface area (Å²) in [6.45, 7) is 3.87. The van der Waals surface area contributed by atoms with Crippen molar-refractivity contribution < 1.29 is 22.1 Å². The van der Waals surface area contributed by atoms with Crippen LogP contribution in [0.1, 0.15) is 31.7 Å². The van der Waals surface area contributed by atoms with E-state index in [9.17, 15) is 8.42 Å². The van der Waals surface area contributed by atoms with Crippen LogP contribution in [0.4, 0.5) is 0 Å². The Bertz CT molecular complexity index is 661. The summed E-state index contributed by atoms with van der Waals surface area (Å²) in [4.78, 5) is 2.29. The zero-order chi connectivity index (χ0) is 17.8. The third-order valence-corrected chi connectivity index (χ3v) is 5.11. The van der Waals surface area contributed by atoms with Crippen molar-refractivity contribution in [3.63, 3.8) is 0 Å². The van der Waals surface area contributed by atoms with Crippen molar-refractivity contribution >= 4 is 10.1 Å². The first-order valence-corrected chi connectivity index (χ1v) is 9.89. The zero-order valence-electron chi connectivity index (χ0n) is 14.9.